The Morgan fingerprint density at radius 1 is 1.23 bits per heavy atom. The molecule has 0 heterocycles. The van der Waals surface area contributed by atoms with E-state index in [-0.39, 0.29) is 10.8 Å². The van der Waals surface area contributed by atoms with Crippen molar-refractivity contribution in [2.45, 2.75) is 65.2 Å². The molecule has 0 aliphatic heterocycles. The number of aliphatic hydroxyl groups is 1. The molecule has 122 valence electrons. The van der Waals surface area contributed by atoms with Crippen LogP contribution in [0.15, 0.2) is 11.6 Å². The van der Waals surface area contributed by atoms with E-state index in [0.717, 1.165) is 44.4 Å². The van der Waals surface area contributed by atoms with Crippen LogP contribution < -0.4 is 0 Å². The molecular formula is C20H30O2. The molecule has 3 unspecified atom stereocenters. The lowest BCUT2D eigenvalue weighted by atomic mass is 9.47. The van der Waals surface area contributed by atoms with Crippen molar-refractivity contribution in [1.29, 1.82) is 0 Å². The van der Waals surface area contributed by atoms with Gasteiger partial charge in [0.05, 0.1) is 6.61 Å². The van der Waals surface area contributed by atoms with Crippen LogP contribution in [0, 0.1) is 34.5 Å². The molecule has 0 bridgehead atoms. The Kier molecular flexibility index (Phi) is 3.35. The van der Waals surface area contributed by atoms with Crippen molar-refractivity contribution < 1.29 is 9.90 Å². The molecule has 4 aliphatic rings. The molecule has 2 heteroatoms. The molecule has 0 aromatic heterocycles. The number of hydrogen-bond acceptors (Lipinski definition) is 2. The maximum absolute atomic E-state index is 12.4. The van der Waals surface area contributed by atoms with Crippen molar-refractivity contribution in [3.05, 3.63) is 11.6 Å². The Morgan fingerprint density at radius 3 is 2.82 bits per heavy atom. The summed E-state index contributed by atoms with van der Waals surface area (Å²) >= 11 is 0. The Hall–Kier alpha value is -0.630. The number of aliphatic hydroxyl groups excluding tert-OH is 1. The zero-order valence-corrected chi connectivity index (χ0v) is 14.1. The van der Waals surface area contributed by atoms with Gasteiger partial charge in [-0.2, -0.15) is 0 Å². The van der Waals surface area contributed by atoms with E-state index in [1.165, 1.54) is 12.8 Å². The summed E-state index contributed by atoms with van der Waals surface area (Å²) in [6.07, 6.45) is 11.3. The monoisotopic (exact) mass is 302 g/mol. The van der Waals surface area contributed by atoms with Crippen molar-refractivity contribution in [2.24, 2.45) is 34.5 Å². The van der Waals surface area contributed by atoms with Crippen LogP contribution in [0.1, 0.15) is 65.2 Å². The maximum atomic E-state index is 12.4. The van der Waals surface area contributed by atoms with Crippen molar-refractivity contribution in [3.8, 4) is 0 Å². The summed E-state index contributed by atoms with van der Waals surface area (Å²) in [4.78, 5) is 12.4. The van der Waals surface area contributed by atoms with E-state index in [2.05, 4.69) is 19.9 Å². The van der Waals surface area contributed by atoms with Crippen molar-refractivity contribution in [2.75, 3.05) is 6.61 Å². The highest BCUT2D eigenvalue weighted by Gasteiger charge is 2.59. The first-order valence-corrected chi connectivity index (χ1v) is 9.35. The smallest absolute Gasteiger partial charge is 0.139 e. The highest BCUT2D eigenvalue weighted by atomic mass is 16.3. The predicted molar refractivity (Wildman–Crippen MR) is 87.3 cm³/mol. The second-order valence-electron chi connectivity index (χ2n) is 8.92. The van der Waals surface area contributed by atoms with Crippen LogP contribution in [0.2, 0.25) is 0 Å². The van der Waals surface area contributed by atoms with E-state index in [1.807, 2.05) is 0 Å². The molecule has 0 radical (unpaired) electrons. The fourth-order valence-corrected chi connectivity index (χ4v) is 6.70. The number of fused-ring (bicyclic) bond motifs is 5. The summed E-state index contributed by atoms with van der Waals surface area (Å²) in [6.45, 7) is 4.91. The van der Waals surface area contributed by atoms with Gasteiger partial charge in [-0.15, -0.1) is 0 Å². The van der Waals surface area contributed by atoms with E-state index in [0.29, 0.717) is 30.1 Å². The predicted octanol–water partition coefficient (Wildman–Crippen LogP) is 4.13. The zero-order chi connectivity index (χ0) is 15.5. The molecule has 3 fully saturated rings. The highest BCUT2D eigenvalue weighted by molar-refractivity contribution is 5.87. The number of ketones is 1. The topological polar surface area (TPSA) is 37.3 Å². The zero-order valence-electron chi connectivity index (χ0n) is 14.1. The molecule has 0 aromatic carbocycles. The van der Waals surface area contributed by atoms with Crippen molar-refractivity contribution in [1.82, 2.24) is 0 Å². The van der Waals surface area contributed by atoms with Crippen LogP contribution in [-0.2, 0) is 4.79 Å². The molecule has 22 heavy (non-hydrogen) atoms. The van der Waals surface area contributed by atoms with E-state index in [1.54, 1.807) is 5.57 Å². The summed E-state index contributed by atoms with van der Waals surface area (Å²) < 4.78 is 0. The summed E-state index contributed by atoms with van der Waals surface area (Å²) in [7, 11) is 0. The van der Waals surface area contributed by atoms with Gasteiger partial charge in [0.15, 0.2) is 0 Å². The SMILES string of the molecule is C[C@H]1CC[C@@]2(CO)C(=CCC3C2CC[C@]2(C)C(=O)CCC32)C1. The molecule has 3 saturated carbocycles. The second kappa shape index (κ2) is 4.93. The largest absolute Gasteiger partial charge is 0.395 e. The van der Waals surface area contributed by atoms with Gasteiger partial charge >= 0.3 is 0 Å². The molecule has 0 amide bonds. The third-order valence-electron chi connectivity index (χ3n) is 8.07. The summed E-state index contributed by atoms with van der Waals surface area (Å²) in [5, 5.41) is 10.4. The number of carbonyl (C=O) groups is 1. The van der Waals surface area contributed by atoms with Crippen LogP contribution >= 0.6 is 0 Å². The van der Waals surface area contributed by atoms with Crippen molar-refractivity contribution in [3.63, 3.8) is 0 Å². The maximum Gasteiger partial charge on any atom is 0.139 e. The summed E-state index contributed by atoms with van der Waals surface area (Å²) in [6, 6.07) is 0. The van der Waals surface area contributed by atoms with Gasteiger partial charge in [-0.05, 0) is 68.6 Å². The molecule has 1 N–H and O–H groups in total. The van der Waals surface area contributed by atoms with Crippen LogP contribution in [0.25, 0.3) is 0 Å². The van der Waals surface area contributed by atoms with Crippen LogP contribution in [0.5, 0.6) is 0 Å². The summed E-state index contributed by atoms with van der Waals surface area (Å²) in [5.74, 6) is 3.10. The average molecular weight is 302 g/mol. The molecule has 0 spiro atoms. The molecule has 4 rings (SSSR count). The number of carbonyl (C=O) groups excluding carboxylic acids is 1. The third kappa shape index (κ3) is 1.79. The van der Waals surface area contributed by atoms with Gasteiger partial charge in [-0.3, -0.25) is 4.79 Å². The number of allylic oxidation sites excluding steroid dienone is 1. The van der Waals surface area contributed by atoms with Crippen molar-refractivity contribution >= 4 is 5.78 Å². The van der Waals surface area contributed by atoms with E-state index < -0.39 is 0 Å². The number of rotatable bonds is 1. The minimum Gasteiger partial charge on any atom is -0.395 e. The normalized spacial score (nSPS) is 50.9. The molecule has 6 atom stereocenters. The van der Waals surface area contributed by atoms with Gasteiger partial charge in [0.1, 0.15) is 5.78 Å². The minimum atomic E-state index is -0.0505. The van der Waals surface area contributed by atoms with Gasteiger partial charge < -0.3 is 5.11 Å². The second-order valence-corrected chi connectivity index (χ2v) is 8.92. The Labute approximate surface area is 134 Å². The van der Waals surface area contributed by atoms with Crippen LogP contribution in [0.3, 0.4) is 0 Å². The highest BCUT2D eigenvalue weighted by Crippen LogP contribution is 2.64. The third-order valence-corrected chi connectivity index (χ3v) is 8.07. The van der Waals surface area contributed by atoms with Gasteiger partial charge in [-0.1, -0.05) is 25.5 Å². The standard InChI is InChI=1S/C20H30O2/c1-13-7-10-20(12-21)14(11-13)3-4-15-16-5-6-18(22)19(16,2)9-8-17(15)20/h3,13,15-17,21H,4-12H2,1-2H3/t13-,15?,16?,17?,19-,20+/m0/s1. The molecule has 2 nitrogen and oxygen atoms in total. The Bertz CT molecular complexity index is 522. The van der Waals surface area contributed by atoms with Gasteiger partial charge in [-0.25, -0.2) is 0 Å². The van der Waals surface area contributed by atoms with Gasteiger partial charge in [0.25, 0.3) is 0 Å². The lowest BCUT2D eigenvalue weighted by molar-refractivity contribution is -0.132. The lowest BCUT2D eigenvalue weighted by Crippen LogP contribution is -2.52. The fraction of sp³-hybridized carbons (Fsp3) is 0.850. The average Bonchev–Trinajstić information content (AvgIpc) is 2.82. The Morgan fingerprint density at radius 2 is 2.05 bits per heavy atom. The van der Waals surface area contributed by atoms with Crippen LogP contribution in [0.4, 0.5) is 0 Å². The fourth-order valence-electron chi connectivity index (χ4n) is 6.70. The molecular weight excluding hydrogens is 272 g/mol. The first-order valence-electron chi connectivity index (χ1n) is 9.35. The number of Topliss-reactive ketones (excluding diaryl/α,β-unsaturated/α-hetero) is 1. The summed E-state index contributed by atoms with van der Waals surface area (Å²) in [5.41, 5.74) is 1.57. The van der Waals surface area contributed by atoms with E-state index in [9.17, 15) is 9.90 Å². The van der Waals surface area contributed by atoms with E-state index >= 15 is 0 Å². The lowest BCUT2D eigenvalue weighted by Gasteiger charge is -2.57. The minimum absolute atomic E-state index is 0.0505. The van der Waals surface area contributed by atoms with Gasteiger partial charge in [0, 0.05) is 17.3 Å². The Balaban J connectivity index is 1.72. The molecule has 0 saturated heterocycles. The molecule has 4 aliphatic carbocycles. The number of hydrogen-bond donors (Lipinski definition) is 1. The molecule has 0 aromatic rings. The quantitative estimate of drug-likeness (QED) is 0.740. The first kappa shape index (κ1) is 14.9. The van der Waals surface area contributed by atoms with E-state index in [4.69, 9.17) is 0 Å². The van der Waals surface area contributed by atoms with Crippen LogP contribution in [-0.4, -0.2) is 17.5 Å². The first-order chi connectivity index (χ1) is 10.5. The van der Waals surface area contributed by atoms with Gasteiger partial charge in [0.2, 0.25) is 0 Å².